The molecule has 1 aromatic carbocycles. The average Bonchev–Trinajstić information content (AvgIpc) is 3.22. The number of imidazole rings is 1. The van der Waals surface area contributed by atoms with Gasteiger partial charge < -0.3 is 24.3 Å². The van der Waals surface area contributed by atoms with E-state index in [9.17, 15) is 9.59 Å². The Bertz CT molecular complexity index is 1310. The number of benzene rings is 1. The lowest BCUT2D eigenvalue weighted by Gasteiger charge is -2.24. The standard InChI is InChI=1S/C30H42N4O4/c1-19(2)26(29(36)38-18-30(4,5)6)31-15-22-7-8-25-24(14-22)33-27(23-13-20(3)28(35)32-16-23)34(25)17-21-9-11-37-12-10-21/h7-8,13-14,16,19,21,26,31H,9-12,15,17-18H2,1-6H3,(H,32,35)/t26-/m0/s1. The molecular formula is C30H42N4O4. The summed E-state index contributed by atoms with van der Waals surface area (Å²) in [5, 5.41) is 3.41. The van der Waals surface area contributed by atoms with Gasteiger partial charge in [0.25, 0.3) is 5.56 Å². The number of hydrogen-bond donors (Lipinski definition) is 2. The van der Waals surface area contributed by atoms with Crippen molar-refractivity contribution in [2.75, 3.05) is 19.8 Å². The number of hydrogen-bond acceptors (Lipinski definition) is 6. The first-order valence-electron chi connectivity index (χ1n) is 13.7. The predicted molar refractivity (Wildman–Crippen MR) is 150 cm³/mol. The van der Waals surface area contributed by atoms with Gasteiger partial charge in [-0.15, -0.1) is 0 Å². The molecule has 1 fully saturated rings. The van der Waals surface area contributed by atoms with Crippen molar-refractivity contribution >= 4 is 17.0 Å². The molecule has 0 amide bonds. The molecule has 0 saturated carbocycles. The minimum Gasteiger partial charge on any atom is -0.464 e. The van der Waals surface area contributed by atoms with E-state index in [0.29, 0.717) is 24.6 Å². The smallest absolute Gasteiger partial charge is 0.323 e. The zero-order valence-electron chi connectivity index (χ0n) is 23.6. The van der Waals surface area contributed by atoms with Gasteiger partial charge in [-0.1, -0.05) is 40.7 Å². The van der Waals surface area contributed by atoms with Crippen molar-refractivity contribution in [3.8, 4) is 11.4 Å². The molecule has 3 aromatic rings. The van der Waals surface area contributed by atoms with E-state index in [4.69, 9.17) is 14.5 Å². The van der Waals surface area contributed by atoms with Crippen molar-refractivity contribution in [2.45, 2.75) is 73.5 Å². The van der Waals surface area contributed by atoms with E-state index < -0.39 is 0 Å². The molecule has 3 heterocycles. The maximum atomic E-state index is 12.8. The molecule has 8 heteroatoms. The van der Waals surface area contributed by atoms with Crippen LogP contribution in [-0.4, -0.2) is 46.4 Å². The third kappa shape index (κ3) is 6.91. The van der Waals surface area contributed by atoms with Gasteiger partial charge in [0.1, 0.15) is 11.9 Å². The number of carbonyl (C=O) groups excluding carboxylic acids is 1. The van der Waals surface area contributed by atoms with Crippen LogP contribution in [0.2, 0.25) is 0 Å². The predicted octanol–water partition coefficient (Wildman–Crippen LogP) is 4.83. The Morgan fingerprint density at radius 2 is 1.97 bits per heavy atom. The molecule has 1 aliphatic rings. The molecule has 4 rings (SSSR count). The monoisotopic (exact) mass is 522 g/mol. The molecule has 0 spiro atoms. The van der Waals surface area contributed by atoms with Crippen LogP contribution in [0, 0.1) is 24.2 Å². The molecule has 0 unspecified atom stereocenters. The highest BCUT2D eigenvalue weighted by molar-refractivity contribution is 5.81. The highest BCUT2D eigenvalue weighted by Crippen LogP contribution is 2.29. The van der Waals surface area contributed by atoms with E-state index in [0.717, 1.165) is 60.6 Å². The molecule has 1 saturated heterocycles. The number of fused-ring (bicyclic) bond motifs is 1. The SMILES string of the molecule is Cc1cc(-c2nc3cc(CN[C@H](C(=O)OCC(C)(C)C)C(C)C)ccc3n2CC2CCOCC2)c[nH]c1=O. The zero-order chi connectivity index (χ0) is 27.4. The topological polar surface area (TPSA) is 98.2 Å². The minimum absolute atomic E-state index is 0.0757. The number of ether oxygens (including phenoxy) is 2. The normalized spacial score (nSPS) is 15.8. The number of nitrogens with zero attached hydrogens (tertiary/aromatic N) is 2. The summed E-state index contributed by atoms with van der Waals surface area (Å²) in [6.45, 7) is 15.4. The number of carbonyl (C=O) groups is 1. The van der Waals surface area contributed by atoms with Crippen molar-refractivity contribution in [3.05, 3.63) is 51.9 Å². The molecule has 2 N–H and O–H groups in total. The van der Waals surface area contributed by atoms with Crippen LogP contribution >= 0.6 is 0 Å². The summed E-state index contributed by atoms with van der Waals surface area (Å²) in [5.41, 5.74) is 4.40. The van der Waals surface area contributed by atoms with E-state index >= 15 is 0 Å². The number of pyridine rings is 1. The summed E-state index contributed by atoms with van der Waals surface area (Å²) in [7, 11) is 0. The number of rotatable bonds is 9. The largest absolute Gasteiger partial charge is 0.464 e. The van der Waals surface area contributed by atoms with Gasteiger partial charge in [0.2, 0.25) is 0 Å². The second-order valence-corrected chi connectivity index (χ2v) is 12.1. The van der Waals surface area contributed by atoms with Gasteiger partial charge >= 0.3 is 5.97 Å². The third-order valence-electron chi connectivity index (χ3n) is 7.04. The Morgan fingerprint density at radius 1 is 1.24 bits per heavy atom. The molecule has 8 nitrogen and oxygen atoms in total. The number of nitrogens with one attached hydrogen (secondary N) is 2. The fourth-order valence-electron chi connectivity index (χ4n) is 4.80. The lowest BCUT2D eigenvalue weighted by molar-refractivity contribution is -0.150. The van der Waals surface area contributed by atoms with Gasteiger partial charge in [-0.3, -0.25) is 9.59 Å². The molecule has 1 aliphatic heterocycles. The maximum Gasteiger partial charge on any atom is 0.323 e. The number of aromatic amines is 1. The van der Waals surface area contributed by atoms with Gasteiger partial charge in [-0.25, -0.2) is 4.98 Å². The maximum absolute atomic E-state index is 12.8. The van der Waals surface area contributed by atoms with Gasteiger partial charge in [0.05, 0.1) is 17.6 Å². The van der Waals surface area contributed by atoms with Crippen LogP contribution in [0.25, 0.3) is 22.4 Å². The second-order valence-electron chi connectivity index (χ2n) is 12.1. The van der Waals surface area contributed by atoms with Crippen LogP contribution in [-0.2, 0) is 27.4 Å². The number of aromatic nitrogens is 3. The van der Waals surface area contributed by atoms with Crippen molar-refractivity contribution in [1.82, 2.24) is 19.9 Å². The number of aryl methyl sites for hydroxylation is 1. The highest BCUT2D eigenvalue weighted by atomic mass is 16.5. The summed E-state index contributed by atoms with van der Waals surface area (Å²) in [4.78, 5) is 32.6. The van der Waals surface area contributed by atoms with Crippen LogP contribution in [0.15, 0.2) is 35.3 Å². The Balaban J connectivity index is 1.60. The summed E-state index contributed by atoms with van der Waals surface area (Å²) < 4.78 is 13.4. The Hall–Kier alpha value is -2.97. The Morgan fingerprint density at radius 3 is 2.63 bits per heavy atom. The summed E-state index contributed by atoms with van der Waals surface area (Å²) in [5.74, 6) is 1.24. The molecule has 2 aromatic heterocycles. The fraction of sp³-hybridized carbons (Fsp3) is 0.567. The highest BCUT2D eigenvalue weighted by Gasteiger charge is 2.25. The van der Waals surface area contributed by atoms with Crippen molar-refractivity contribution in [1.29, 1.82) is 0 Å². The number of esters is 1. The van der Waals surface area contributed by atoms with Crippen molar-refractivity contribution in [3.63, 3.8) is 0 Å². The summed E-state index contributed by atoms with van der Waals surface area (Å²) >= 11 is 0. The second kappa shape index (κ2) is 11.8. The van der Waals surface area contributed by atoms with E-state index in [2.05, 4.69) is 53.8 Å². The van der Waals surface area contributed by atoms with Gasteiger partial charge in [0, 0.05) is 43.6 Å². The molecular weight excluding hydrogens is 480 g/mol. The lowest BCUT2D eigenvalue weighted by Crippen LogP contribution is -2.42. The number of H-pyrrole nitrogens is 1. The van der Waals surface area contributed by atoms with Crippen molar-refractivity contribution < 1.29 is 14.3 Å². The fourth-order valence-corrected chi connectivity index (χ4v) is 4.80. The van der Waals surface area contributed by atoms with E-state index in [1.807, 2.05) is 26.8 Å². The van der Waals surface area contributed by atoms with E-state index in [1.165, 1.54) is 0 Å². The van der Waals surface area contributed by atoms with E-state index in [1.54, 1.807) is 6.20 Å². The van der Waals surface area contributed by atoms with Crippen LogP contribution in [0.5, 0.6) is 0 Å². The lowest BCUT2D eigenvalue weighted by atomic mass is 9.98. The molecule has 0 bridgehead atoms. The molecule has 206 valence electrons. The molecule has 0 radical (unpaired) electrons. The Labute approximate surface area is 225 Å². The van der Waals surface area contributed by atoms with E-state index in [-0.39, 0.29) is 28.9 Å². The first kappa shape index (κ1) is 28.0. The summed E-state index contributed by atoms with van der Waals surface area (Å²) in [6.07, 6.45) is 3.79. The van der Waals surface area contributed by atoms with Crippen LogP contribution in [0.3, 0.4) is 0 Å². The first-order valence-corrected chi connectivity index (χ1v) is 13.7. The average molecular weight is 523 g/mol. The molecule has 38 heavy (non-hydrogen) atoms. The van der Waals surface area contributed by atoms with Gasteiger partial charge in [0.15, 0.2) is 0 Å². The minimum atomic E-state index is -0.390. The zero-order valence-corrected chi connectivity index (χ0v) is 23.6. The van der Waals surface area contributed by atoms with Gasteiger partial charge in [-0.05, 0) is 60.8 Å². The van der Waals surface area contributed by atoms with Crippen LogP contribution < -0.4 is 10.9 Å². The summed E-state index contributed by atoms with van der Waals surface area (Å²) in [6, 6.07) is 7.81. The van der Waals surface area contributed by atoms with Crippen molar-refractivity contribution in [2.24, 2.45) is 17.3 Å². The van der Waals surface area contributed by atoms with Gasteiger partial charge in [-0.2, -0.15) is 0 Å². The molecule has 0 aliphatic carbocycles. The third-order valence-corrected chi connectivity index (χ3v) is 7.04. The van der Waals surface area contributed by atoms with Crippen LogP contribution in [0.1, 0.15) is 58.6 Å². The quantitative estimate of drug-likeness (QED) is 0.391. The van der Waals surface area contributed by atoms with Crippen LogP contribution in [0.4, 0.5) is 0 Å². The Kier molecular flexibility index (Phi) is 8.73. The molecule has 1 atom stereocenters. The first-order chi connectivity index (χ1) is 18.0.